The first-order chi connectivity index (χ1) is 5.06. The van der Waals surface area contributed by atoms with Crippen molar-refractivity contribution in [2.75, 3.05) is 0 Å². The molecule has 12 heavy (non-hydrogen) atoms. The van der Waals surface area contributed by atoms with Gasteiger partial charge >= 0.3 is 10.4 Å². The number of azide groups is 1. The highest BCUT2D eigenvalue weighted by Gasteiger charge is 2.07. The largest absolute Gasteiger partial charge is 0.394 e. The molecule has 0 aromatic heterocycles. The summed E-state index contributed by atoms with van der Waals surface area (Å²) in [5.41, 5.74) is 7.89. The van der Waals surface area contributed by atoms with Crippen molar-refractivity contribution in [3.05, 3.63) is 10.4 Å². The third-order valence-electron chi connectivity index (χ3n) is 0.345. The molecule has 0 heterocycles. The molecule has 0 amide bonds. The van der Waals surface area contributed by atoms with Gasteiger partial charge in [-0.3, -0.25) is 9.11 Å². The van der Waals surface area contributed by atoms with Gasteiger partial charge in [0, 0.05) is 0 Å². The summed E-state index contributed by atoms with van der Waals surface area (Å²) in [5, 5.41) is 0. The van der Waals surface area contributed by atoms with Crippen LogP contribution in [-0.4, -0.2) is 25.8 Å². The maximum Gasteiger partial charge on any atom is 0.394 e. The molecule has 2 N–H and O–H groups in total. The zero-order valence-corrected chi connectivity index (χ0v) is 8.78. The molecule has 0 rings (SSSR count). The van der Waals surface area contributed by atoms with Gasteiger partial charge in [0.2, 0.25) is 0 Å². The maximum absolute atomic E-state index is 8.74. The van der Waals surface area contributed by atoms with Crippen LogP contribution >= 0.6 is 0 Å². The summed E-state index contributed by atoms with van der Waals surface area (Å²) in [6.45, 7) is 5.98. The first-order valence-electron chi connectivity index (χ1n) is 2.82. The van der Waals surface area contributed by atoms with E-state index >= 15 is 0 Å². The van der Waals surface area contributed by atoms with E-state index in [0.29, 0.717) is 0 Å². The molecule has 0 atom stereocenters. The summed E-state index contributed by atoms with van der Waals surface area (Å²) < 4.78 is 35.2. The second kappa shape index (κ2) is 5.12. The number of hydrogen-bond donors (Lipinski definition) is 2. The lowest BCUT2D eigenvalue weighted by atomic mass is 11.8. The summed E-state index contributed by atoms with van der Waals surface area (Å²) in [4.78, 5) is 2.69. The molecule has 0 aliphatic carbocycles. The second-order valence-corrected chi connectivity index (χ2v) is 8.25. The van der Waals surface area contributed by atoms with E-state index in [0.717, 1.165) is 0 Å². The van der Waals surface area contributed by atoms with Gasteiger partial charge in [-0.25, -0.2) is 0 Å². The van der Waals surface area contributed by atoms with E-state index in [-0.39, 0.29) is 0 Å². The van der Waals surface area contributed by atoms with Crippen molar-refractivity contribution in [1.29, 1.82) is 0 Å². The van der Waals surface area contributed by atoms with E-state index < -0.39 is 18.6 Å². The molecule has 0 saturated heterocycles. The minimum atomic E-state index is -4.67. The van der Waals surface area contributed by atoms with Crippen molar-refractivity contribution in [2.24, 2.45) is 4.78 Å². The summed E-state index contributed by atoms with van der Waals surface area (Å²) in [7, 11) is -6.12. The van der Waals surface area contributed by atoms with Gasteiger partial charge in [-0.15, -0.1) is 4.78 Å². The lowest BCUT2D eigenvalue weighted by Crippen LogP contribution is -2.13. The predicted octanol–water partition coefficient (Wildman–Crippen LogP) is 1.48. The van der Waals surface area contributed by atoms with Gasteiger partial charge < -0.3 is 0 Å². The first-order valence-corrected chi connectivity index (χ1v) is 7.67. The molecule has 72 valence electrons. The van der Waals surface area contributed by atoms with Crippen LogP contribution in [0.3, 0.4) is 0 Å². The normalized spacial score (nSPS) is 10.8. The van der Waals surface area contributed by atoms with Crippen molar-refractivity contribution >= 4 is 18.6 Å². The van der Waals surface area contributed by atoms with Crippen molar-refractivity contribution < 1.29 is 17.5 Å². The molecule has 0 unspecified atom stereocenters. The predicted molar refractivity (Wildman–Crippen MR) is 46.7 cm³/mol. The van der Waals surface area contributed by atoms with Crippen LogP contribution in [0.15, 0.2) is 4.78 Å². The highest BCUT2D eigenvalue weighted by molar-refractivity contribution is 7.79. The smallest absolute Gasteiger partial charge is 0.264 e. The van der Waals surface area contributed by atoms with Gasteiger partial charge in [0.1, 0.15) is 8.24 Å². The average molecular weight is 213 g/mol. The molecule has 7 nitrogen and oxygen atoms in total. The van der Waals surface area contributed by atoms with Crippen molar-refractivity contribution in [2.45, 2.75) is 19.6 Å². The summed E-state index contributed by atoms with van der Waals surface area (Å²) in [6, 6.07) is 0. The topological polar surface area (TPSA) is 123 Å². The molecular weight excluding hydrogens is 202 g/mol. The van der Waals surface area contributed by atoms with Crippen LogP contribution in [0, 0.1) is 0 Å². The number of rotatable bonds is 1. The number of hydrogen-bond acceptors (Lipinski definition) is 3. The lowest BCUT2D eigenvalue weighted by molar-refractivity contribution is 0.381. The van der Waals surface area contributed by atoms with E-state index in [2.05, 4.69) is 9.69 Å². The molecule has 0 aromatic rings. The van der Waals surface area contributed by atoms with Crippen molar-refractivity contribution in [3.8, 4) is 0 Å². The fourth-order valence-electron chi connectivity index (χ4n) is 0.134. The van der Waals surface area contributed by atoms with E-state index in [1.165, 1.54) is 0 Å². The molecule has 9 heteroatoms. The fraction of sp³-hybridized carbons (Fsp3) is 1.00. The maximum atomic E-state index is 8.74. The highest BCUT2D eigenvalue weighted by atomic mass is 32.3. The van der Waals surface area contributed by atoms with Crippen LogP contribution < -0.4 is 0 Å². The van der Waals surface area contributed by atoms with Gasteiger partial charge in [-0.2, -0.15) is 8.42 Å². The van der Waals surface area contributed by atoms with Gasteiger partial charge in [-0.1, -0.05) is 19.6 Å². The Hall–Kier alpha value is -0.603. The van der Waals surface area contributed by atoms with Crippen LogP contribution in [0.2, 0.25) is 19.6 Å². The average Bonchev–Trinajstić information content (AvgIpc) is 1.54. The molecule has 0 fully saturated rings. The monoisotopic (exact) mass is 213 g/mol. The molecule has 0 aliphatic heterocycles. The minimum absolute atomic E-state index is 1.45. The Kier molecular flexibility index (Phi) is 5.95. The minimum Gasteiger partial charge on any atom is -0.264 e. The first kappa shape index (κ1) is 14.0. The van der Waals surface area contributed by atoms with Gasteiger partial charge in [-0.05, 0) is 10.4 Å². The molecule has 0 aliphatic rings. The van der Waals surface area contributed by atoms with Gasteiger partial charge in [0.05, 0.1) is 0 Å². The Bertz CT molecular complexity index is 254. The van der Waals surface area contributed by atoms with Crippen LogP contribution in [0.25, 0.3) is 10.4 Å². The van der Waals surface area contributed by atoms with Crippen LogP contribution in [0.1, 0.15) is 0 Å². The van der Waals surface area contributed by atoms with E-state index in [4.69, 9.17) is 23.1 Å². The Labute approximate surface area is 71.7 Å². The summed E-state index contributed by atoms with van der Waals surface area (Å²) in [6.07, 6.45) is 0. The summed E-state index contributed by atoms with van der Waals surface area (Å²) >= 11 is 0. The quantitative estimate of drug-likeness (QED) is 0.225. The Balaban J connectivity index is 0. The molecule has 0 saturated carbocycles. The Morgan fingerprint density at radius 3 is 1.58 bits per heavy atom. The van der Waals surface area contributed by atoms with E-state index in [1.807, 2.05) is 19.6 Å². The van der Waals surface area contributed by atoms with E-state index in [1.54, 1.807) is 0 Å². The Morgan fingerprint density at radius 2 is 1.58 bits per heavy atom. The SMILES string of the molecule is C[Si](C)(C)N=[N+]=[N-].O=S(=O)(O)O. The highest BCUT2D eigenvalue weighted by Crippen LogP contribution is 2.00. The molecule has 0 aromatic carbocycles. The third kappa shape index (κ3) is 57.4. The van der Waals surface area contributed by atoms with Crippen molar-refractivity contribution in [3.63, 3.8) is 0 Å². The number of nitrogens with zero attached hydrogens (tertiary/aromatic N) is 3. The second-order valence-electron chi connectivity index (χ2n) is 2.81. The van der Waals surface area contributed by atoms with E-state index in [9.17, 15) is 0 Å². The fourth-order valence-corrected chi connectivity index (χ4v) is 0.402. The molecule has 0 radical (unpaired) electrons. The van der Waals surface area contributed by atoms with Gasteiger partial charge in [0.15, 0.2) is 0 Å². The van der Waals surface area contributed by atoms with Crippen LogP contribution in [0.5, 0.6) is 0 Å². The molecule has 0 bridgehead atoms. The van der Waals surface area contributed by atoms with Gasteiger partial charge in [0.25, 0.3) is 0 Å². The Morgan fingerprint density at radius 1 is 1.33 bits per heavy atom. The standard InChI is InChI=1S/C3H9N3Si.H2O4S/c1-7(2,3)6-5-4;1-5(2,3)4/h1-3H3;(H2,1,2,3,4). The zero-order valence-electron chi connectivity index (χ0n) is 6.96. The van der Waals surface area contributed by atoms with Crippen molar-refractivity contribution in [1.82, 2.24) is 0 Å². The molecule has 0 spiro atoms. The molecular formula is C3H11N3O4SSi. The third-order valence-corrected chi connectivity index (χ3v) is 1.03. The van der Waals surface area contributed by atoms with Crippen LogP contribution in [0.4, 0.5) is 0 Å². The lowest BCUT2D eigenvalue weighted by Gasteiger charge is -2.01. The zero-order chi connectivity index (χ0) is 10.4. The summed E-state index contributed by atoms with van der Waals surface area (Å²) in [5.74, 6) is 0. The van der Waals surface area contributed by atoms with Crippen LogP contribution in [-0.2, 0) is 10.4 Å².